The van der Waals surface area contributed by atoms with Crippen molar-refractivity contribution in [1.29, 1.82) is 0 Å². The molecule has 114 valence electrons. The molecular weight excluding hydrogens is 296 g/mol. The molecule has 3 atom stereocenters. The molecule has 0 bridgehead atoms. The molecule has 1 fully saturated rings. The van der Waals surface area contributed by atoms with Crippen LogP contribution >= 0.6 is 11.8 Å². The lowest BCUT2D eigenvalue weighted by Gasteiger charge is -2.14. The first kappa shape index (κ1) is 15.8. The molecule has 0 spiro atoms. The van der Waals surface area contributed by atoms with Crippen molar-refractivity contribution in [2.24, 2.45) is 11.8 Å². The molecule has 2 heterocycles. The average molecular weight is 318 g/mol. The van der Waals surface area contributed by atoms with Crippen LogP contribution in [0.2, 0.25) is 0 Å². The van der Waals surface area contributed by atoms with Crippen LogP contribution in [0.3, 0.4) is 0 Å². The third-order valence-electron chi connectivity index (χ3n) is 3.97. The van der Waals surface area contributed by atoms with Crippen molar-refractivity contribution in [1.82, 2.24) is 10.2 Å². The Labute approximate surface area is 124 Å². The highest BCUT2D eigenvalue weighted by Crippen LogP contribution is 2.29. The van der Waals surface area contributed by atoms with E-state index in [1.54, 1.807) is 11.8 Å². The number of hydrogen-bond acceptors (Lipinski definition) is 6. The van der Waals surface area contributed by atoms with Gasteiger partial charge in [-0.05, 0) is 18.3 Å². The largest absolute Gasteiger partial charge is 0.416 e. The van der Waals surface area contributed by atoms with Gasteiger partial charge in [-0.3, -0.25) is 0 Å². The van der Waals surface area contributed by atoms with Gasteiger partial charge < -0.3 is 4.42 Å². The second kappa shape index (κ2) is 6.47. The third-order valence-corrected chi connectivity index (χ3v) is 7.01. The van der Waals surface area contributed by atoms with E-state index in [1.807, 2.05) is 0 Å². The van der Waals surface area contributed by atoms with Crippen molar-refractivity contribution in [3.63, 3.8) is 0 Å². The van der Waals surface area contributed by atoms with Crippen LogP contribution in [0.4, 0.5) is 0 Å². The fourth-order valence-electron chi connectivity index (χ4n) is 2.26. The van der Waals surface area contributed by atoms with Crippen molar-refractivity contribution in [2.75, 3.05) is 11.5 Å². The molecule has 0 aliphatic carbocycles. The minimum Gasteiger partial charge on any atom is -0.416 e. The Morgan fingerprint density at radius 2 is 2.15 bits per heavy atom. The maximum absolute atomic E-state index is 11.4. The van der Waals surface area contributed by atoms with Gasteiger partial charge >= 0.3 is 0 Å². The van der Waals surface area contributed by atoms with Crippen LogP contribution < -0.4 is 0 Å². The van der Waals surface area contributed by atoms with E-state index < -0.39 is 9.84 Å². The third kappa shape index (κ3) is 4.22. The Kier molecular flexibility index (Phi) is 5.12. The number of thioether (sulfide) groups is 1. The first-order valence-electron chi connectivity index (χ1n) is 7.09. The predicted octanol–water partition coefficient (Wildman–Crippen LogP) is 2.57. The van der Waals surface area contributed by atoms with E-state index >= 15 is 0 Å². The number of hydrogen-bond donors (Lipinski definition) is 0. The molecule has 7 heteroatoms. The fraction of sp³-hybridized carbons (Fsp3) is 0.846. The lowest BCUT2D eigenvalue weighted by atomic mass is 10.1. The van der Waals surface area contributed by atoms with Crippen LogP contribution in [-0.4, -0.2) is 35.4 Å². The van der Waals surface area contributed by atoms with Gasteiger partial charge in [0, 0.05) is 11.7 Å². The molecular formula is C13H22N2O3S2. The summed E-state index contributed by atoms with van der Waals surface area (Å²) >= 11 is 1.60. The second-order valence-corrected chi connectivity index (χ2v) is 9.20. The number of sulfone groups is 1. The van der Waals surface area contributed by atoms with Crippen molar-refractivity contribution in [2.45, 2.75) is 50.5 Å². The Morgan fingerprint density at radius 3 is 2.75 bits per heavy atom. The Morgan fingerprint density at radius 1 is 1.40 bits per heavy atom. The molecule has 1 aromatic rings. The lowest BCUT2D eigenvalue weighted by Crippen LogP contribution is -2.08. The van der Waals surface area contributed by atoms with E-state index in [1.165, 1.54) is 0 Å². The molecule has 0 unspecified atom stereocenters. The van der Waals surface area contributed by atoms with Crippen LogP contribution in [-0.2, 0) is 16.3 Å². The van der Waals surface area contributed by atoms with Gasteiger partial charge in [-0.25, -0.2) is 8.42 Å². The van der Waals surface area contributed by atoms with Gasteiger partial charge in [0.05, 0.1) is 11.5 Å². The van der Waals surface area contributed by atoms with E-state index in [9.17, 15) is 8.42 Å². The zero-order valence-electron chi connectivity index (χ0n) is 12.2. The van der Waals surface area contributed by atoms with Gasteiger partial charge in [-0.15, -0.1) is 10.2 Å². The van der Waals surface area contributed by atoms with Crippen molar-refractivity contribution >= 4 is 21.6 Å². The highest BCUT2D eigenvalue weighted by atomic mass is 32.2. The molecule has 0 amide bonds. The first-order valence-corrected chi connectivity index (χ1v) is 9.79. The smallest absolute Gasteiger partial charge is 0.276 e. The van der Waals surface area contributed by atoms with E-state index in [0.29, 0.717) is 40.9 Å². The zero-order valence-corrected chi connectivity index (χ0v) is 13.8. The molecule has 1 aliphatic rings. The summed E-state index contributed by atoms with van der Waals surface area (Å²) in [5.41, 5.74) is 0. The number of rotatable bonds is 6. The van der Waals surface area contributed by atoms with E-state index in [0.717, 1.165) is 6.42 Å². The van der Waals surface area contributed by atoms with Gasteiger partial charge in [0.2, 0.25) is 5.89 Å². The Bertz CT molecular complexity index is 542. The SMILES string of the molecule is CC[C@H](C)[C@H](C)Sc1nnc(C[C@@H]2CCS(=O)(=O)C2)o1. The minimum atomic E-state index is -2.84. The van der Waals surface area contributed by atoms with Crippen LogP contribution in [0.15, 0.2) is 9.64 Å². The van der Waals surface area contributed by atoms with Crippen LogP contribution in [0.25, 0.3) is 0 Å². The highest BCUT2D eigenvalue weighted by Gasteiger charge is 2.29. The quantitative estimate of drug-likeness (QED) is 0.751. The Hall–Kier alpha value is -0.560. The fourth-order valence-corrected chi connectivity index (χ4v) is 5.09. The van der Waals surface area contributed by atoms with Gasteiger partial charge in [0.25, 0.3) is 5.22 Å². The molecule has 2 rings (SSSR count). The molecule has 1 aliphatic heterocycles. The summed E-state index contributed by atoms with van der Waals surface area (Å²) in [4.78, 5) is 0. The van der Waals surface area contributed by atoms with Gasteiger partial charge in [0.15, 0.2) is 9.84 Å². The highest BCUT2D eigenvalue weighted by molar-refractivity contribution is 7.99. The van der Waals surface area contributed by atoms with Gasteiger partial charge in [0.1, 0.15) is 0 Å². The lowest BCUT2D eigenvalue weighted by molar-refractivity contribution is 0.387. The summed E-state index contributed by atoms with van der Waals surface area (Å²) in [5, 5.41) is 9.10. The predicted molar refractivity (Wildman–Crippen MR) is 79.5 cm³/mol. The molecule has 1 aromatic heterocycles. The van der Waals surface area contributed by atoms with E-state index in [4.69, 9.17) is 4.42 Å². The van der Waals surface area contributed by atoms with Crippen LogP contribution in [0, 0.1) is 11.8 Å². The molecule has 1 saturated heterocycles. The molecule has 0 saturated carbocycles. The zero-order chi connectivity index (χ0) is 14.8. The Balaban J connectivity index is 1.89. The average Bonchev–Trinajstić information content (AvgIpc) is 2.95. The van der Waals surface area contributed by atoms with E-state index in [2.05, 4.69) is 31.0 Å². The van der Waals surface area contributed by atoms with Gasteiger partial charge in [-0.1, -0.05) is 39.0 Å². The summed E-state index contributed by atoms with van der Waals surface area (Å²) in [6.07, 6.45) is 2.40. The minimum absolute atomic E-state index is 0.130. The number of nitrogens with zero attached hydrogens (tertiary/aromatic N) is 2. The van der Waals surface area contributed by atoms with Crippen molar-refractivity contribution in [3.8, 4) is 0 Å². The summed E-state index contributed by atoms with van der Waals surface area (Å²) in [6.45, 7) is 6.53. The molecule has 0 radical (unpaired) electrons. The molecule has 5 nitrogen and oxygen atoms in total. The summed E-state index contributed by atoms with van der Waals surface area (Å²) in [7, 11) is -2.84. The van der Waals surface area contributed by atoms with Crippen LogP contribution in [0.1, 0.15) is 39.5 Å². The monoisotopic (exact) mass is 318 g/mol. The number of aromatic nitrogens is 2. The molecule has 20 heavy (non-hydrogen) atoms. The normalized spacial score (nSPS) is 24.6. The van der Waals surface area contributed by atoms with E-state index in [-0.39, 0.29) is 11.7 Å². The summed E-state index contributed by atoms with van der Waals surface area (Å²) in [6, 6.07) is 0. The summed E-state index contributed by atoms with van der Waals surface area (Å²) < 4.78 is 28.5. The summed E-state index contributed by atoms with van der Waals surface area (Å²) in [5.74, 6) is 1.83. The maximum Gasteiger partial charge on any atom is 0.276 e. The van der Waals surface area contributed by atoms with Crippen LogP contribution in [0.5, 0.6) is 0 Å². The first-order chi connectivity index (χ1) is 9.39. The molecule has 0 N–H and O–H groups in total. The van der Waals surface area contributed by atoms with Gasteiger partial charge in [-0.2, -0.15) is 0 Å². The topological polar surface area (TPSA) is 73.1 Å². The van der Waals surface area contributed by atoms with Crippen molar-refractivity contribution < 1.29 is 12.8 Å². The second-order valence-electron chi connectivity index (χ2n) is 5.64. The standard InChI is InChI=1S/C13H22N2O3S2/c1-4-9(2)10(3)19-13-15-14-12(18-13)7-11-5-6-20(16,17)8-11/h9-11H,4-8H2,1-3H3/t9-,10-,11-/m0/s1. The molecule has 0 aromatic carbocycles. The maximum atomic E-state index is 11.4. The van der Waals surface area contributed by atoms with Crippen molar-refractivity contribution in [3.05, 3.63) is 5.89 Å².